The van der Waals surface area contributed by atoms with Crippen LogP contribution in [0.5, 0.6) is 11.5 Å². The predicted octanol–water partition coefficient (Wildman–Crippen LogP) is 2.91. The van der Waals surface area contributed by atoms with Crippen molar-refractivity contribution in [1.29, 1.82) is 0 Å². The van der Waals surface area contributed by atoms with E-state index in [9.17, 15) is 0 Å². The fraction of sp³-hybridized carbons (Fsp3) is 0.182. The first-order chi connectivity index (χ1) is 7.24. The van der Waals surface area contributed by atoms with Crippen molar-refractivity contribution in [2.24, 2.45) is 0 Å². The summed E-state index contributed by atoms with van der Waals surface area (Å²) < 4.78 is 10.4. The number of pyridine rings is 1. The molecule has 0 radical (unpaired) electrons. The second kappa shape index (κ2) is 3.95. The molecule has 0 saturated carbocycles. The van der Waals surface area contributed by atoms with Gasteiger partial charge in [-0.05, 0) is 18.2 Å². The molecule has 78 valence electrons. The second-order valence-corrected chi connectivity index (χ2v) is 3.42. The molecule has 0 saturated heterocycles. The van der Waals surface area contributed by atoms with Crippen molar-refractivity contribution in [3.63, 3.8) is 0 Å². The third-order valence-electron chi connectivity index (χ3n) is 2.16. The smallest absolute Gasteiger partial charge is 0.162 e. The minimum absolute atomic E-state index is 0.467. The van der Waals surface area contributed by atoms with Crippen LogP contribution in [-0.2, 0) is 0 Å². The maximum atomic E-state index is 5.80. The SMILES string of the molecule is COc1cc2ccc(Cl)nc2cc1OC. The highest BCUT2D eigenvalue weighted by atomic mass is 35.5. The summed E-state index contributed by atoms with van der Waals surface area (Å²) in [5, 5.41) is 1.44. The third-order valence-corrected chi connectivity index (χ3v) is 2.37. The third kappa shape index (κ3) is 1.83. The minimum Gasteiger partial charge on any atom is -0.493 e. The molecule has 0 aliphatic rings. The van der Waals surface area contributed by atoms with Gasteiger partial charge in [0.05, 0.1) is 19.7 Å². The molecule has 0 bridgehead atoms. The lowest BCUT2D eigenvalue weighted by molar-refractivity contribution is 0.356. The van der Waals surface area contributed by atoms with Gasteiger partial charge in [-0.1, -0.05) is 11.6 Å². The van der Waals surface area contributed by atoms with Crippen LogP contribution in [0.2, 0.25) is 5.15 Å². The molecule has 0 aliphatic heterocycles. The van der Waals surface area contributed by atoms with Gasteiger partial charge < -0.3 is 9.47 Å². The van der Waals surface area contributed by atoms with Gasteiger partial charge in [0.15, 0.2) is 11.5 Å². The Morgan fingerprint density at radius 2 is 1.73 bits per heavy atom. The monoisotopic (exact) mass is 223 g/mol. The highest BCUT2D eigenvalue weighted by Gasteiger charge is 2.06. The fourth-order valence-corrected chi connectivity index (χ4v) is 1.58. The molecule has 1 aromatic heterocycles. The van der Waals surface area contributed by atoms with Crippen molar-refractivity contribution in [2.45, 2.75) is 0 Å². The van der Waals surface area contributed by atoms with E-state index >= 15 is 0 Å². The van der Waals surface area contributed by atoms with E-state index in [1.165, 1.54) is 0 Å². The van der Waals surface area contributed by atoms with E-state index in [1.807, 2.05) is 12.1 Å². The summed E-state index contributed by atoms with van der Waals surface area (Å²) in [6.07, 6.45) is 0. The van der Waals surface area contributed by atoms with E-state index in [4.69, 9.17) is 21.1 Å². The van der Waals surface area contributed by atoms with Gasteiger partial charge in [0.1, 0.15) is 5.15 Å². The largest absolute Gasteiger partial charge is 0.493 e. The normalized spacial score (nSPS) is 10.3. The molecule has 15 heavy (non-hydrogen) atoms. The average Bonchev–Trinajstić information content (AvgIpc) is 2.27. The number of ether oxygens (including phenoxy) is 2. The Kier molecular flexibility index (Phi) is 2.64. The zero-order valence-electron chi connectivity index (χ0n) is 8.45. The average molecular weight is 224 g/mol. The first kappa shape index (κ1) is 10.1. The number of hydrogen-bond donors (Lipinski definition) is 0. The maximum Gasteiger partial charge on any atom is 0.162 e. The number of halogens is 1. The molecular weight excluding hydrogens is 214 g/mol. The number of methoxy groups -OCH3 is 2. The van der Waals surface area contributed by atoms with Crippen molar-refractivity contribution in [1.82, 2.24) is 4.98 Å². The van der Waals surface area contributed by atoms with Gasteiger partial charge in [-0.2, -0.15) is 0 Å². The minimum atomic E-state index is 0.467. The predicted molar refractivity (Wildman–Crippen MR) is 59.9 cm³/mol. The summed E-state index contributed by atoms with van der Waals surface area (Å²) in [6.45, 7) is 0. The lowest BCUT2D eigenvalue weighted by atomic mass is 10.2. The van der Waals surface area contributed by atoms with Crippen LogP contribution in [0.3, 0.4) is 0 Å². The van der Waals surface area contributed by atoms with Crippen LogP contribution in [0, 0.1) is 0 Å². The molecule has 2 aromatic rings. The molecule has 2 rings (SSSR count). The molecule has 4 heteroatoms. The molecule has 0 amide bonds. The second-order valence-electron chi connectivity index (χ2n) is 3.03. The number of fused-ring (bicyclic) bond motifs is 1. The maximum absolute atomic E-state index is 5.80. The van der Waals surface area contributed by atoms with Crippen molar-refractivity contribution in [2.75, 3.05) is 14.2 Å². The number of nitrogens with zero attached hydrogens (tertiary/aromatic N) is 1. The molecule has 0 atom stereocenters. The first-order valence-corrected chi connectivity index (χ1v) is 4.80. The summed E-state index contributed by atoms with van der Waals surface area (Å²) in [5.74, 6) is 1.34. The zero-order chi connectivity index (χ0) is 10.8. The Morgan fingerprint density at radius 3 is 2.40 bits per heavy atom. The van der Waals surface area contributed by atoms with Crippen LogP contribution in [0.1, 0.15) is 0 Å². The van der Waals surface area contributed by atoms with Gasteiger partial charge >= 0.3 is 0 Å². The van der Waals surface area contributed by atoms with Crippen LogP contribution >= 0.6 is 11.6 Å². The van der Waals surface area contributed by atoms with Gasteiger partial charge in [-0.3, -0.25) is 0 Å². The van der Waals surface area contributed by atoms with Gasteiger partial charge in [-0.25, -0.2) is 4.98 Å². The van der Waals surface area contributed by atoms with Crippen LogP contribution in [-0.4, -0.2) is 19.2 Å². The molecule has 1 aromatic carbocycles. The summed E-state index contributed by atoms with van der Waals surface area (Å²) in [7, 11) is 3.20. The van der Waals surface area contributed by atoms with Gasteiger partial charge in [0.25, 0.3) is 0 Å². The first-order valence-electron chi connectivity index (χ1n) is 4.43. The van der Waals surface area contributed by atoms with E-state index in [1.54, 1.807) is 26.4 Å². The molecule has 0 N–H and O–H groups in total. The summed E-state index contributed by atoms with van der Waals surface area (Å²) >= 11 is 5.80. The number of benzene rings is 1. The standard InChI is InChI=1S/C11H10ClNO2/c1-14-9-5-7-3-4-11(12)13-8(7)6-10(9)15-2/h3-6H,1-2H3. The molecule has 0 unspecified atom stereocenters. The molecule has 3 nitrogen and oxygen atoms in total. The molecule has 1 heterocycles. The number of rotatable bonds is 2. The number of hydrogen-bond acceptors (Lipinski definition) is 3. The Labute approximate surface area is 92.6 Å². The Morgan fingerprint density at radius 1 is 1.07 bits per heavy atom. The van der Waals surface area contributed by atoms with Crippen molar-refractivity contribution in [3.8, 4) is 11.5 Å². The molecule has 0 aliphatic carbocycles. The summed E-state index contributed by atoms with van der Waals surface area (Å²) in [4.78, 5) is 4.19. The highest BCUT2D eigenvalue weighted by molar-refractivity contribution is 6.29. The van der Waals surface area contributed by atoms with Crippen LogP contribution < -0.4 is 9.47 Å². The van der Waals surface area contributed by atoms with E-state index in [-0.39, 0.29) is 0 Å². The molecule has 0 spiro atoms. The van der Waals surface area contributed by atoms with E-state index < -0.39 is 0 Å². The van der Waals surface area contributed by atoms with Crippen molar-refractivity contribution < 1.29 is 9.47 Å². The van der Waals surface area contributed by atoms with E-state index in [0.717, 1.165) is 10.9 Å². The van der Waals surface area contributed by atoms with Crippen LogP contribution in [0.25, 0.3) is 10.9 Å². The van der Waals surface area contributed by atoms with E-state index in [2.05, 4.69) is 4.98 Å². The quantitative estimate of drug-likeness (QED) is 0.734. The fourth-order valence-electron chi connectivity index (χ4n) is 1.43. The summed E-state index contributed by atoms with van der Waals surface area (Å²) in [6, 6.07) is 7.32. The van der Waals surface area contributed by atoms with Crippen LogP contribution in [0.15, 0.2) is 24.3 Å². The lowest BCUT2D eigenvalue weighted by Gasteiger charge is -2.08. The van der Waals surface area contributed by atoms with Gasteiger partial charge in [0, 0.05) is 11.5 Å². The Bertz CT molecular complexity index is 499. The summed E-state index contributed by atoms with van der Waals surface area (Å²) in [5.41, 5.74) is 0.792. The van der Waals surface area contributed by atoms with Crippen molar-refractivity contribution in [3.05, 3.63) is 29.4 Å². The van der Waals surface area contributed by atoms with Gasteiger partial charge in [0.2, 0.25) is 0 Å². The zero-order valence-corrected chi connectivity index (χ0v) is 9.21. The van der Waals surface area contributed by atoms with Crippen molar-refractivity contribution >= 4 is 22.5 Å². The van der Waals surface area contributed by atoms with E-state index in [0.29, 0.717) is 16.7 Å². The molecular formula is C11H10ClNO2. The highest BCUT2D eigenvalue weighted by Crippen LogP contribution is 2.31. The lowest BCUT2D eigenvalue weighted by Crippen LogP contribution is -1.91. The van der Waals surface area contributed by atoms with Gasteiger partial charge in [-0.15, -0.1) is 0 Å². The Hall–Kier alpha value is -1.48. The molecule has 0 fully saturated rings. The topological polar surface area (TPSA) is 31.4 Å². The Balaban J connectivity index is 2.69. The number of aromatic nitrogens is 1. The van der Waals surface area contributed by atoms with Crippen LogP contribution in [0.4, 0.5) is 0 Å².